The van der Waals surface area contributed by atoms with Crippen LogP contribution in [-0.2, 0) is 0 Å². The second kappa shape index (κ2) is 5.14. The van der Waals surface area contributed by atoms with Gasteiger partial charge in [0, 0.05) is 31.9 Å². The average Bonchev–Trinajstić information content (AvgIpc) is 2.39. The maximum atomic E-state index is 5.92. The minimum absolute atomic E-state index is 0.00192. The number of nitrogens with zero attached hydrogens (tertiary/aromatic N) is 2. The smallest absolute Gasteiger partial charge is 0.0762 e. The highest BCUT2D eigenvalue weighted by molar-refractivity contribution is 5.46. The summed E-state index contributed by atoms with van der Waals surface area (Å²) in [6, 6.07) is 10.5. The minimum atomic E-state index is -0.00192. The van der Waals surface area contributed by atoms with E-state index in [9.17, 15) is 0 Å². The Hall–Kier alpha value is -1.32. The molecule has 0 radical (unpaired) electrons. The molecule has 1 aliphatic rings. The number of anilines is 1. The summed E-state index contributed by atoms with van der Waals surface area (Å²) in [7, 11) is 0. The highest BCUT2D eigenvalue weighted by atomic mass is 15.3. The van der Waals surface area contributed by atoms with Crippen molar-refractivity contribution in [1.29, 1.82) is 0 Å². The normalized spacial score (nSPS) is 19.4. The lowest BCUT2D eigenvalue weighted by atomic mass is 10.2. The number of nitrogens with two attached hydrogens (primary N) is 1. The van der Waals surface area contributed by atoms with Crippen LogP contribution in [0.3, 0.4) is 0 Å². The summed E-state index contributed by atoms with van der Waals surface area (Å²) < 4.78 is 0. The van der Waals surface area contributed by atoms with E-state index >= 15 is 0 Å². The molecule has 1 unspecified atom stereocenters. The number of hydrogen-bond acceptors (Lipinski definition) is 3. The molecular formula is C13H19N3. The molecule has 1 atom stereocenters. The predicted molar refractivity (Wildman–Crippen MR) is 68.4 cm³/mol. The second-order valence-electron chi connectivity index (χ2n) is 4.08. The molecule has 0 aliphatic carbocycles. The van der Waals surface area contributed by atoms with Gasteiger partial charge < -0.3 is 10.6 Å². The molecule has 16 heavy (non-hydrogen) atoms. The SMILES string of the molecule is C=CC(N)N1CCN(c2ccccc2)CC1. The Kier molecular flexibility index (Phi) is 3.59. The van der Waals surface area contributed by atoms with Crippen LogP contribution < -0.4 is 10.6 Å². The molecule has 2 rings (SSSR count). The molecular weight excluding hydrogens is 198 g/mol. The van der Waals surface area contributed by atoms with Gasteiger partial charge in [-0.2, -0.15) is 0 Å². The van der Waals surface area contributed by atoms with Crippen LogP contribution in [0.4, 0.5) is 5.69 Å². The lowest BCUT2D eigenvalue weighted by Crippen LogP contribution is -2.52. The molecule has 0 spiro atoms. The summed E-state index contributed by atoms with van der Waals surface area (Å²) in [5.41, 5.74) is 7.22. The van der Waals surface area contributed by atoms with Crippen molar-refractivity contribution in [2.45, 2.75) is 6.17 Å². The third kappa shape index (κ3) is 2.43. The van der Waals surface area contributed by atoms with Crippen molar-refractivity contribution >= 4 is 5.69 Å². The number of hydrogen-bond donors (Lipinski definition) is 1. The van der Waals surface area contributed by atoms with E-state index in [-0.39, 0.29) is 6.17 Å². The maximum absolute atomic E-state index is 5.92. The summed E-state index contributed by atoms with van der Waals surface area (Å²) in [6.45, 7) is 7.80. The first-order chi connectivity index (χ1) is 7.81. The highest BCUT2D eigenvalue weighted by Gasteiger charge is 2.19. The molecule has 0 saturated carbocycles. The molecule has 0 amide bonds. The van der Waals surface area contributed by atoms with Gasteiger partial charge in [-0.3, -0.25) is 4.90 Å². The van der Waals surface area contributed by atoms with Crippen molar-refractivity contribution in [2.24, 2.45) is 5.73 Å². The molecule has 2 N–H and O–H groups in total. The van der Waals surface area contributed by atoms with E-state index in [1.807, 2.05) is 6.07 Å². The van der Waals surface area contributed by atoms with Gasteiger partial charge in [-0.25, -0.2) is 0 Å². The second-order valence-corrected chi connectivity index (χ2v) is 4.08. The number of piperazine rings is 1. The standard InChI is InChI=1S/C13H19N3/c1-2-13(14)16-10-8-15(9-11-16)12-6-4-3-5-7-12/h2-7,13H,1,8-11,14H2. The van der Waals surface area contributed by atoms with Crippen molar-refractivity contribution in [3.63, 3.8) is 0 Å². The van der Waals surface area contributed by atoms with E-state index in [2.05, 4.69) is 40.6 Å². The maximum Gasteiger partial charge on any atom is 0.0762 e. The first-order valence-electron chi connectivity index (χ1n) is 5.73. The van der Waals surface area contributed by atoms with Gasteiger partial charge in [0.1, 0.15) is 0 Å². The Morgan fingerprint density at radius 3 is 2.31 bits per heavy atom. The van der Waals surface area contributed by atoms with Gasteiger partial charge in [-0.05, 0) is 12.1 Å². The van der Waals surface area contributed by atoms with Crippen molar-refractivity contribution in [1.82, 2.24) is 4.90 Å². The largest absolute Gasteiger partial charge is 0.369 e. The number of rotatable bonds is 3. The quantitative estimate of drug-likeness (QED) is 0.774. The zero-order valence-electron chi connectivity index (χ0n) is 9.55. The molecule has 1 aliphatic heterocycles. The molecule has 86 valence electrons. The summed E-state index contributed by atoms with van der Waals surface area (Å²) >= 11 is 0. The molecule has 3 heteroatoms. The van der Waals surface area contributed by atoms with Gasteiger partial charge in [0.2, 0.25) is 0 Å². The summed E-state index contributed by atoms with van der Waals surface area (Å²) in [6.07, 6.45) is 1.80. The van der Waals surface area contributed by atoms with Crippen molar-refractivity contribution in [2.75, 3.05) is 31.1 Å². The fourth-order valence-electron chi connectivity index (χ4n) is 2.07. The molecule has 1 heterocycles. The number of para-hydroxylation sites is 1. The van der Waals surface area contributed by atoms with E-state index in [1.165, 1.54) is 5.69 Å². The van der Waals surface area contributed by atoms with Crippen LogP contribution in [0.25, 0.3) is 0 Å². The van der Waals surface area contributed by atoms with Crippen LogP contribution in [0.2, 0.25) is 0 Å². The lowest BCUT2D eigenvalue weighted by molar-refractivity contribution is 0.220. The fourth-order valence-corrected chi connectivity index (χ4v) is 2.07. The minimum Gasteiger partial charge on any atom is -0.369 e. The monoisotopic (exact) mass is 217 g/mol. The Morgan fingerprint density at radius 1 is 1.12 bits per heavy atom. The van der Waals surface area contributed by atoms with Crippen molar-refractivity contribution < 1.29 is 0 Å². The van der Waals surface area contributed by atoms with Gasteiger partial charge in [0.05, 0.1) is 6.17 Å². The predicted octanol–water partition coefficient (Wildman–Crippen LogP) is 1.28. The van der Waals surface area contributed by atoms with E-state index in [0.29, 0.717) is 0 Å². The molecule has 0 aromatic heterocycles. The van der Waals surface area contributed by atoms with Crippen LogP contribution in [0.5, 0.6) is 0 Å². The van der Waals surface area contributed by atoms with Gasteiger partial charge in [0.25, 0.3) is 0 Å². The summed E-state index contributed by atoms with van der Waals surface area (Å²) in [5, 5.41) is 0. The summed E-state index contributed by atoms with van der Waals surface area (Å²) in [5.74, 6) is 0. The van der Waals surface area contributed by atoms with Crippen LogP contribution >= 0.6 is 0 Å². The van der Waals surface area contributed by atoms with E-state index in [0.717, 1.165) is 26.2 Å². The first-order valence-corrected chi connectivity index (χ1v) is 5.73. The van der Waals surface area contributed by atoms with Crippen LogP contribution in [0.1, 0.15) is 0 Å². The fraction of sp³-hybridized carbons (Fsp3) is 0.385. The van der Waals surface area contributed by atoms with E-state index < -0.39 is 0 Å². The molecule has 0 bridgehead atoms. The Balaban J connectivity index is 1.93. The Labute approximate surface area is 97.2 Å². The van der Waals surface area contributed by atoms with E-state index in [4.69, 9.17) is 5.73 Å². The zero-order valence-corrected chi connectivity index (χ0v) is 9.55. The summed E-state index contributed by atoms with van der Waals surface area (Å²) in [4.78, 5) is 4.65. The number of benzene rings is 1. The van der Waals surface area contributed by atoms with Gasteiger partial charge in [-0.15, -0.1) is 6.58 Å². The van der Waals surface area contributed by atoms with E-state index in [1.54, 1.807) is 6.08 Å². The average molecular weight is 217 g/mol. The zero-order chi connectivity index (χ0) is 11.4. The Bertz CT molecular complexity index is 328. The molecule has 1 aromatic rings. The van der Waals surface area contributed by atoms with Gasteiger partial charge in [-0.1, -0.05) is 24.3 Å². The molecule has 1 fully saturated rings. The topological polar surface area (TPSA) is 32.5 Å². The third-order valence-corrected chi connectivity index (χ3v) is 3.10. The lowest BCUT2D eigenvalue weighted by Gasteiger charge is -2.38. The molecule has 1 aromatic carbocycles. The van der Waals surface area contributed by atoms with Crippen molar-refractivity contribution in [3.05, 3.63) is 43.0 Å². The van der Waals surface area contributed by atoms with Crippen LogP contribution in [0.15, 0.2) is 43.0 Å². The van der Waals surface area contributed by atoms with Crippen LogP contribution in [0, 0.1) is 0 Å². The Morgan fingerprint density at radius 2 is 1.75 bits per heavy atom. The van der Waals surface area contributed by atoms with Gasteiger partial charge in [0.15, 0.2) is 0 Å². The first kappa shape index (κ1) is 11.2. The van der Waals surface area contributed by atoms with Crippen LogP contribution in [-0.4, -0.2) is 37.2 Å². The highest BCUT2D eigenvalue weighted by Crippen LogP contribution is 2.15. The molecule has 1 saturated heterocycles. The van der Waals surface area contributed by atoms with Gasteiger partial charge >= 0.3 is 0 Å². The van der Waals surface area contributed by atoms with Crippen molar-refractivity contribution in [3.8, 4) is 0 Å². The third-order valence-electron chi connectivity index (χ3n) is 3.10. The molecule has 3 nitrogen and oxygen atoms in total.